The van der Waals surface area contributed by atoms with Crippen molar-refractivity contribution in [1.82, 2.24) is 15.6 Å². The van der Waals surface area contributed by atoms with Gasteiger partial charge in [-0.2, -0.15) is 0 Å². The van der Waals surface area contributed by atoms with Crippen LogP contribution in [0.1, 0.15) is 35.3 Å². The monoisotopic (exact) mass is 403 g/mol. The summed E-state index contributed by atoms with van der Waals surface area (Å²) >= 11 is 1.76. The number of aromatic nitrogens is 1. The van der Waals surface area contributed by atoms with Crippen LogP contribution in [0.5, 0.6) is 0 Å². The highest BCUT2D eigenvalue weighted by molar-refractivity contribution is 7.11. The van der Waals surface area contributed by atoms with E-state index in [0.29, 0.717) is 6.04 Å². The van der Waals surface area contributed by atoms with E-state index in [-0.39, 0.29) is 5.82 Å². The number of rotatable bonds is 6. The Hall–Kier alpha value is -2.15. The van der Waals surface area contributed by atoms with Crippen LogP contribution in [-0.2, 0) is 6.42 Å². The summed E-state index contributed by atoms with van der Waals surface area (Å²) in [5, 5.41) is 8.04. The average Bonchev–Trinajstić information content (AvgIpc) is 2.99. The lowest BCUT2D eigenvalue weighted by atomic mass is 10.0. The molecule has 7 heteroatoms. The molecule has 2 heterocycles. The Balaban J connectivity index is 1.51. The molecule has 0 unspecified atom stereocenters. The molecular weight excluding hydrogens is 373 g/mol. The minimum absolute atomic E-state index is 0.175. The number of aliphatic imine (C=N–C) groups is 1. The second-order valence-electron chi connectivity index (χ2n) is 7.14. The highest BCUT2D eigenvalue weighted by Crippen LogP contribution is 2.21. The van der Waals surface area contributed by atoms with E-state index in [1.807, 2.05) is 13.0 Å². The van der Waals surface area contributed by atoms with Crippen LogP contribution in [0, 0.1) is 19.7 Å². The number of aryl methyl sites for hydroxylation is 2. The van der Waals surface area contributed by atoms with Gasteiger partial charge in [-0.25, -0.2) is 9.37 Å². The zero-order chi connectivity index (χ0) is 19.9. The van der Waals surface area contributed by atoms with Gasteiger partial charge in [0.2, 0.25) is 0 Å². The minimum atomic E-state index is -0.175. The van der Waals surface area contributed by atoms with E-state index in [2.05, 4.69) is 34.4 Å². The highest BCUT2D eigenvalue weighted by atomic mass is 32.1. The molecule has 0 atom stereocenters. The van der Waals surface area contributed by atoms with Crippen molar-refractivity contribution in [2.75, 3.05) is 31.1 Å². The lowest BCUT2D eigenvalue weighted by molar-refractivity contribution is 0.461. The van der Waals surface area contributed by atoms with E-state index in [0.717, 1.165) is 67.8 Å². The van der Waals surface area contributed by atoms with Crippen LogP contribution in [0.3, 0.4) is 0 Å². The van der Waals surface area contributed by atoms with Gasteiger partial charge in [-0.3, -0.25) is 4.99 Å². The van der Waals surface area contributed by atoms with Gasteiger partial charge in [0, 0.05) is 49.2 Å². The van der Waals surface area contributed by atoms with E-state index in [9.17, 15) is 4.39 Å². The van der Waals surface area contributed by atoms with Gasteiger partial charge < -0.3 is 15.5 Å². The molecule has 0 radical (unpaired) electrons. The zero-order valence-corrected chi connectivity index (χ0v) is 17.8. The van der Waals surface area contributed by atoms with Crippen LogP contribution < -0.4 is 15.5 Å². The predicted molar refractivity (Wildman–Crippen MR) is 116 cm³/mol. The lowest BCUT2D eigenvalue weighted by Crippen LogP contribution is -2.48. The third-order valence-electron chi connectivity index (χ3n) is 4.96. The second kappa shape index (κ2) is 9.87. The SMILES string of the molecule is CCNC(=NCCc1sc(C)nc1C)NC1CCN(c2cccc(F)c2)CC1. The number of nitrogens with zero attached hydrogens (tertiary/aromatic N) is 3. The third kappa shape index (κ3) is 5.67. The molecule has 0 bridgehead atoms. The summed E-state index contributed by atoms with van der Waals surface area (Å²) in [5.74, 6) is 0.705. The molecule has 3 rings (SSSR count). The summed E-state index contributed by atoms with van der Waals surface area (Å²) < 4.78 is 13.5. The number of hydrogen-bond acceptors (Lipinski definition) is 4. The van der Waals surface area contributed by atoms with Crippen molar-refractivity contribution in [3.63, 3.8) is 0 Å². The Labute approximate surface area is 171 Å². The molecule has 0 amide bonds. The molecule has 1 fully saturated rings. The highest BCUT2D eigenvalue weighted by Gasteiger charge is 2.20. The molecule has 1 saturated heterocycles. The number of anilines is 1. The van der Waals surface area contributed by atoms with E-state index in [1.165, 1.54) is 10.9 Å². The largest absolute Gasteiger partial charge is 0.371 e. The van der Waals surface area contributed by atoms with Crippen LogP contribution >= 0.6 is 11.3 Å². The Morgan fingerprint density at radius 3 is 2.75 bits per heavy atom. The number of thiazole rings is 1. The summed E-state index contributed by atoms with van der Waals surface area (Å²) in [4.78, 5) is 12.8. The lowest BCUT2D eigenvalue weighted by Gasteiger charge is -2.34. The van der Waals surface area contributed by atoms with Gasteiger partial charge in [0.1, 0.15) is 5.82 Å². The first-order chi connectivity index (χ1) is 13.5. The standard InChI is InChI=1S/C21H30FN5S/c1-4-23-21(24-11-8-20-15(2)25-16(3)28-20)26-18-9-12-27(13-10-18)19-7-5-6-17(22)14-19/h5-7,14,18H,4,8-13H2,1-3H3,(H2,23,24,26). The summed E-state index contributed by atoms with van der Waals surface area (Å²) in [6.07, 6.45) is 2.94. The summed E-state index contributed by atoms with van der Waals surface area (Å²) in [6.45, 7) is 9.62. The van der Waals surface area contributed by atoms with Gasteiger partial charge >= 0.3 is 0 Å². The third-order valence-corrected chi connectivity index (χ3v) is 6.09. The number of benzene rings is 1. The smallest absolute Gasteiger partial charge is 0.191 e. The van der Waals surface area contributed by atoms with Gasteiger partial charge in [0.05, 0.1) is 10.7 Å². The van der Waals surface area contributed by atoms with Gasteiger partial charge in [-0.05, 0) is 51.8 Å². The summed E-state index contributed by atoms with van der Waals surface area (Å²) in [5.41, 5.74) is 2.09. The van der Waals surface area contributed by atoms with Crippen molar-refractivity contribution in [3.8, 4) is 0 Å². The Morgan fingerprint density at radius 2 is 2.11 bits per heavy atom. The van der Waals surface area contributed by atoms with Crippen LogP contribution in [0.15, 0.2) is 29.3 Å². The Kier molecular flexibility index (Phi) is 7.25. The van der Waals surface area contributed by atoms with Gasteiger partial charge in [-0.15, -0.1) is 11.3 Å². The molecule has 1 aliphatic rings. The zero-order valence-electron chi connectivity index (χ0n) is 17.0. The van der Waals surface area contributed by atoms with E-state index in [1.54, 1.807) is 23.5 Å². The molecule has 152 valence electrons. The normalized spacial score (nSPS) is 15.7. The van der Waals surface area contributed by atoms with Gasteiger partial charge in [0.25, 0.3) is 0 Å². The fourth-order valence-electron chi connectivity index (χ4n) is 3.54. The van der Waals surface area contributed by atoms with Crippen LogP contribution in [-0.4, -0.2) is 43.2 Å². The molecule has 1 aliphatic heterocycles. The predicted octanol–water partition coefficient (Wildman–Crippen LogP) is 3.67. The molecule has 0 aliphatic carbocycles. The molecule has 1 aromatic heterocycles. The van der Waals surface area contributed by atoms with Crippen LogP contribution in [0.4, 0.5) is 10.1 Å². The minimum Gasteiger partial charge on any atom is -0.371 e. The van der Waals surface area contributed by atoms with Crippen LogP contribution in [0.25, 0.3) is 0 Å². The maximum atomic E-state index is 13.5. The fourth-order valence-corrected chi connectivity index (χ4v) is 4.47. The number of hydrogen-bond donors (Lipinski definition) is 2. The Morgan fingerprint density at radius 1 is 1.32 bits per heavy atom. The first kappa shape index (κ1) is 20.6. The molecule has 1 aromatic carbocycles. The van der Waals surface area contributed by atoms with Crippen molar-refractivity contribution in [3.05, 3.63) is 45.7 Å². The molecule has 0 spiro atoms. The molecule has 0 saturated carbocycles. The van der Waals surface area contributed by atoms with Crippen LogP contribution in [0.2, 0.25) is 0 Å². The van der Waals surface area contributed by atoms with Gasteiger partial charge in [0.15, 0.2) is 5.96 Å². The van der Waals surface area contributed by atoms with Crippen molar-refractivity contribution >= 4 is 23.0 Å². The molecular formula is C21H30FN5S. The molecule has 28 heavy (non-hydrogen) atoms. The molecule has 2 aromatic rings. The maximum absolute atomic E-state index is 13.5. The van der Waals surface area contributed by atoms with Crippen molar-refractivity contribution in [2.45, 2.75) is 46.1 Å². The van der Waals surface area contributed by atoms with E-state index >= 15 is 0 Å². The molecule has 5 nitrogen and oxygen atoms in total. The number of guanidine groups is 1. The van der Waals surface area contributed by atoms with Crippen molar-refractivity contribution in [2.24, 2.45) is 4.99 Å². The van der Waals surface area contributed by atoms with E-state index < -0.39 is 0 Å². The van der Waals surface area contributed by atoms with Gasteiger partial charge in [-0.1, -0.05) is 6.07 Å². The second-order valence-corrected chi connectivity index (χ2v) is 8.43. The maximum Gasteiger partial charge on any atom is 0.191 e. The summed E-state index contributed by atoms with van der Waals surface area (Å²) in [7, 11) is 0. The topological polar surface area (TPSA) is 52.6 Å². The first-order valence-corrected chi connectivity index (χ1v) is 10.8. The van der Waals surface area contributed by atoms with E-state index in [4.69, 9.17) is 4.99 Å². The quantitative estimate of drug-likeness (QED) is 0.571. The first-order valence-electron chi connectivity index (χ1n) is 10.0. The molecule has 2 N–H and O–H groups in total. The summed E-state index contributed by atoms with van der Waals surface area (Å²) in [6, 6.07) is 7.24. The average molecular weight is 404 g/mol. The number of halogens is 1. The van der Waals surface area contributed by atoms with Crippen molar-refractivity contribution < 1.29 is 4.39 Å². The number of nitrogens with one attached hydrogen (secondary N) is 2. The van der Waals surface area contributed by atoms with Crippen molar-refractivity contribution in [1.29, 1.82) is 0 Å². The fraction of sp³-hybridized carbons (Fsp3) is 0.524. The Bertz CT molecular complexity index is 796. The number of piperidine rings is 1.